The standard InChI is InChI=1S/C22H29F3N2O2/c1-20(2,3)29-19(28)27-13-21(14-27)10-16(11-21)26-9-8-15(12-26)17-6-4-5-7-18(17)22(23,24)25/h4-7,15-16H,8-14H2,1-3H3. The van der Waals surface area contributed by atoms with Crippen LogP contribution in [-0.4, -0.2) is 53.7 Å². The molecular weight excluding hydrogens is 381 g/mol. The molecule has 1 aromatic rings. The highest BCUT2D eigenvalue weighted by molar-refractivity contribution is 5.69. The highest BCUT2D eigenvalue weighted by Gasteiger charge is 2.56. The quantitative estimate of drug-likeness (QED) is 0.696. The first kappa shape index (κ1) is 20.5. The van der Waals surface area contributed by atoms with Gasteiger partial charge in [-0.3, -0.25) is 4.90 Å². The second-order valence-corrected chi connectivity index (χ2v) is 9.96. The summed E-state index contributed by atoms with van der Waals surface area (Å²) in [4.78, 5) is 16.2. The molecule has 2 aliphatic heterocycles. The lowest BCUT2D eigenvalue weighted by Gasteiger charge is -2.60. The van der Waals surface area contributed by atoms with Gasteiger partial charge in [-0.2, -0.15) is 13.2 Å². The van der Waals surface area contributed by atoms with Crippen LogP contribution in [0, 0.1) is 5.41 Å². The topological polar surface area (TPSA) is 32.8 Å². The molecule has 4 rings (SSSR count). The Morgan fingerprint density at radius 2 is 1.79 bits per heavy atom. The molecule has 160 valence electrons. The highest BCUT2D eigenvalue weighted by atomic mass is 19.4. The van der Waals surface area contributed by atoms with Gasteiger partial charge in [0.2, 0.25) is 0 Å². The molecule has 0 aromatic heterocycles. The molecule has 1 unspecified atom stereocenters. The van der Waals surface area contributed by atoms with E-state index in [-0.39, 0.29) is 17.4 Å². The molecule has 4 nitrogen and oxygen atoms in total. The summed E-state index contributed by atoms with van der Waals surface area (Å²) >= 11 is 0. The van der Waals surface area contributed by atoms with Crippen LogP contribution in [0.1, 0.15) is 57.1 Å². The van der Waals surface area contributed by atoms with Crippen LogP contribution in [-0.2, 0) is 10.9 Å². The summed E-state index contributed by atoms with van der Waals surface area (Å²) in [5.41, 5.74) is -0.372. The Labute approximate surface area is 170 Å². The monoisotopic (exact) mass is 410 g/mol. The Kier molecular flexibility index (Phi) is 4.88. The molecule has 1 spiro atoms. The summed E-state index contributed by atoms with van der Waals surface area (Å²) in [6.07, 6.45) is -1.76. The Hall–Kier alpha value is -1.76. The van der Waals surface area contributed by atoms with E-state index >= 15 is 0 Å². The van der Waals surface area contributed by atoms with Crippen molar-refractivity contribution in [2.45, 2.75) is 63.8 Å². The summed E-state index contributed by atoms with van der Waals surface area (Å²) in [6, 6.07) is 6.39. The first-order chi connectivity index (χ1) is 13.5. The molecular formula is C22H29F3N2O2. The third kappa shape index (κ3) is 4.11. The van der Waals surface area contributed by atoms with E-state index < -0.39 is 17.3 Å². The number of hydrogen-bond donors (Lipinski definition) is 0. The maximum absolute atomic E-state index is 13.3. The van der Waals surface area contributed by atoms with E-state index in [0.29, 0.717) is 18.2 Å². The number of carbonyl (C=O) groups is 1. The summed E-state index contributed by atoms with van der Waals surface area (Å²) in [6.45, 7) is 8.57. The second-order valence-electron chi connectivity index (χ2n) is 9.96. The zero-order valence-corrected chi connectivity index (χ0v) is 17.3. The van der Waals surface area contributed by atoms with Crippen LogP contribution in [0.15, 0.2) is 24.3 Å². The molecule has 0 bridgehead atoms. The zero-order chi connectivity index (χ0) is 21.0. The van der Waals surface area contributed by atoms with Gasteiger partial charge in [0.25, 0.3) is 0 Å². The molecule has 1 aromatic carbocycles. The molecule has 1 saturated carbocycles. The summed E-state index contributed by atoms with van der Waals surface area (Å²) in [5, 5.41) is 0. The van der Waals surface area contributed by atoms with Crippen molar-refractivity contribution in [1.29, 1.82) is 0 Å². The third-order valence-electron chi connectivity index (χ3n) is 6.48. The van der Waals surface area contributed by atoms with Gasteiger partial charge in [-0.25, -0.2) is 4.79 Å². The molecule has 2 saturated heterocycles. The molecule has 3 aliphatic rings. The number of ether oxygens (including phenoxy) is 1. The number of nitrogens with zero attached hydrogens (tertiary/aromatic N) is 2. The van der Waals surface area contributed by atoms with Crippen LogP contribution >= 0.6 is 0 Å². The molecule has 1 aliphatic carbocycles. The van der Waals surface area contributed by atoms with Gasteiger partial charge in [-0.05, 0) is 64.1 Å². The van der Waals surface area contributed by atoms with Gasteiger partial charge >= 0.3 is 12.3 Å². The van der Waals surface area contributed by atoms with Crippen molar-refractivity contribution in [3.8, 4) is 0 Å². The smallest absolute Gasteiger partial charge is 0.416 e. The van der Waals surface area contributed by atoms with Gasteiger partial charge in [0, 0.05) is 31.1 Å². The SMILES string of the molecule is CC(C)(C)OC(=O)N1CC2(CC(N3CCC(c4ccccc4C(F)(F)F)C3)C2)C1. The van der Waals surface area contributed by atoms with Crippen molar-refractivity contribution in [3.63, 3.8) is 0 Å². The predicted molar refractivity (Wildman–Crippen MR) is 104 cm³/mol. The molecule has 0 radical (unpaired) electrons. The summed E-state index contributed by atoms with van der Waals surface area (Å²) in [5.74, 6) is -0.0657. The van der Waals surface area contributed by atoms with Crippen LogP contribution in [0.5, 0.6) is 0 Å². The number of alkyl halides is 3. The van der Waals surface area contributed by atoms with Crippen molar-refractivity contribution in [3.05, 3.63) is 35.4 Å². The molecule has 0 N–H and O–H groups in total. The maximum Gasteiger partial charge on any atom is 0.416 e. The minimum absolute atomic E-state index is 0.0657. The van der Waals surface area contributed by atoms with E-state index in [1.807, 2.05) is 20.8 Å². The van der Waals surface area contributed by atoms with Gasteiger partial charge in [0.1, 0.15) is 5.60 Å². The van der Waals surface area contributed by atoms with E-state index in [0.717, 1.165) is 38.9 Å². The number of benzene rings is 1. The van der Waals surface area contributed by atoms with Crippen LogP contribution in [0.4, 0.5) is 18.0 Å². The molecule has 1 atom stereocenters. The summed E-state index contributed by atoms with van der Waals surface area (Å²) in [7, 11) is 0. The number of amides is 1. The Bertz CT molecular complexity index is 773. The van der Waals surface area contributed by atoms with Crippen molar-refractivity contribution in [1.82, 2.24) is 9.80 Å². The molecule has 1 amide bonds. The van der Waals surface area contributed by atoms with Crippen LogP contribution < -0.4 is 0 Å². The van der Waals surface area contributed by atoms with Gasteiger partial charge in [0.15, 0.2) is 0 Å². The Morgan fingerprint density at radius 1 is 1.14 bits per heavy atom. The van der Waals surface area contributed by atoms with E-state index in [4.69, 9.17) is 4.74 Å². The minimum atomic E-state index is -4.30. The van der Waals surface area contributed by atoms with Crippen molar-refractivity contribution < 1.29 is 22.7 Å². The van der Waals surface area contributed by atoms with Crippen molar-refractivity contribution >= 4 is 6.09 Å². The van der Waals surface area contributed by atoms with Crippen LogP contribution in [0.3, 0.4) is 0 Å². The van der Waals surface area contributed by atoms with Crippen LogP contribution in [0.2, 0.25) is 0 Å². The lowest BCUT2D eigenvalue weighted by molar-refractivity contribution is -0.138. The normalized spacial score (nSPS) is 25.0. The predicted octanol–water partition coefficient (Wildman–Crippen LogP) is 4.89. The van der Waals surface area contributed by atoms with Gasteiger partial charge in [0.05, 0.1) is 5.56 Å². The molecule has 2 heterocycles. The highest BCUT2D eigenvalue weighted by Crippen LogP contribution is 2.52. The molecule has 7 heteroatoms. The first-order valence-electron chi connectivity index (χ1n) is 10.3. The number of halogens is 3. The molecule has 3 fully saturated rings. The number of likely N-dealkylation sites (tertiary alicyclic amines) is 2. The van der Waals surface area contributed by atoms with E-state index in [2.05, 4.69) is 4.90 Å². The largest absolute Gasteiger partial charge is 0.444 e. The number of hydrogen-bond acceptors (Lipinski definition) is 3. The van der Waals surface area contributed by atoms with Crippen LogP contribution in [0.25, 0.3) is 0 Å². The fourth-order valence-electron chi connectivity index (χ4n) is 5.16. The third-order valence-corrected chi connectivity index (χ3v) is 6.48. The van der Waals surface area contributed by atoms with E-state index in [1.54, 1.807) is 17.0 Å². The fourth-order valence-corrected chi connectivity index (χ4v) is 5.16. The van der Waals surface area contributed by atoms with Crippen molar-refractivity contribution in [2.75, 3.05) is 26.2 Å². The fraction of sp³-hybridized carbons (Fsp3) is 0.682. The minimum Gasteiger partial charge on any atom is -0.444 e. The number of carbonyl (C=O) groups excluding carboxylic acids is 1. The van der Waals surface area contributed by atoms with E-state index in [9.17, 15) is 18.0 Å². The van der Waals surface area contributed by atoms with E-state index in [1.165, 1.54) is 12.1 Å². The summed E-state index contributed by atoms with van der Waals surface area (Å²) < 4.78 is 45.4. The average Bonchev–Trinajstić information content (AvgIpc) is 2.99. The lowest BCUT2D eigenvalue weighted by atomic mass is 9.60. The Balaban J connectivity index is 1.30. The van der Waals surface area contributed by atoms with Gasteiger partial charge < -0.3 is 9.64 Å². The average molecular weight is 410 g/mol. The zero-order valence-electron chi connectivity index (χ0n) is 17.3. The second kappa shape index (κ2) is 6.89. The van der Waals surface area contributed by atoms with Gasteiger partial charge in [-0.1, -0.05) is 18.2 Å². The lowest BCUT2D eigenvalue weighted by Crippen LogP contribution is -2.67. The van der Waals surface area contributed by atoms with Crippen molar-refractivity contribution in [2.24, 2.45) is 5.41 Å². The Morgan fingerprint density at radius 3 is 2.41 bits per heavy atom. The number of rotatable bonds is 2. The maximum atomic E-state index is 13.3. The first-order valence-corrected chi connectivity index (χ1v) is 10.3. The molecule has 29 heavy (non-hydrogen) atoms. The van der Waals surface area contributed by atoms with Gasteiger partial charge in [-0.15, -0.1) is 0 Å².